The monoisotopic (exact) mass is 373 g/mol. The van der Waals surface area contributed by atoms with Gasteiger partial charge in [-0.1, -0.05) is 54.6 Å². The minimum Gasteiger partial charge on any atom is -0.388 e. The molecule has 6 nitrogen and oxygen atoms in total. The van der Waals surface area contributed by atoms with E-state index >= 15 is 0 Å². The molecule has 0 bridgehead atoms. The van der Waals surface area contributed by atoms with Crippen LogP contribution in [0.5, 0.6) is 0 Å². The van der Waals surface area contributed by atoms with Crippen LogP contribution < -0.4 is 5.32 Å². The van der Waals surface area contributed by atoms with Crippen LogP contribution in [-0.4, -0.2) is 30.3 Å². The molecule has 4 rings (SSSR count). The maximum absolute atomic E-state index is 10.8. The minimum atomic E-state index is -1.00. The molecule has 0 aliphatic rings. The summed E-state index contributed by atoms with van der Waals surface area (Å²) in [6.07, 6.45) is 1.47. The molecular weight excluding hydrogens is 350 g/mol. The van der Waals surface area contributed by atoms with Gasteiger partial charge in [-0.05, 0) is 37.5 Å². The van der Waals surface area contributed by atoms with Gasteiger partial charge in [-0.2, -0.15) is 14.6 Å². The number of rotatable bonds is 5. The lowest BCUT2D eigenvalue weighted by Gasteiger charge is -2.31. The molecule has 6 heteroatoms. The maximum atomic E-state index is 10.8. The van der Waals surface area contributed by atoms with Gasteiger partial charge >= 0.3 is 0 Å². The molecular formula is C22H23N5O. The molecule has 2 heterocycles. The largest absolute Gasteiger partial charge is 0.388 e. The highest BCUT2D eigenvalue weighted by Crippen LogP contribution is 2.31. The van der Waals surface area contributed by atoms with Gasteiger partial charge in [-0.3, -0.25) is 0 Å². The zero-order valence-corrected chi connectivity index (χ0v) is 16.2. The number of nitrogens with zero attached hydrogens (tertiary/aromatic N) is 4. The Hall–Kier alpha value is -3.25. The summed E-state index contributed by atoms with van der Waals surface area (Å²) in [5, 5.41) is 18.5. The second-order valence-electron chi connectivity index (χ2n) is 7.47. The van der Waals surface area contributed by atoms with Crippen LogP contribution in [0, 0.1) is 6.92 Å². The predicted octanol–water partition coefficient (Wildman–Crippen LogP) is 4.02. The lowest BCUT2D eigenvalue weighted by atomic mass is 9.90. The number of benzene rings is 2. The van der Waals surface area contributed by atoms with Crippen molar-refractivity contribution in [3.05, 3.63) is 78.2 Å². The molecule has 0 spiro atoms. The molecule has 4 aromatic rings. The van der Waals surface area contributed by atoms with E-state index in [2.05, 4.69) is 44.6 Å². The molecule has 0 amide bonds. The third kappa shape index (κ3) is 3.59. The summed E-state index contributed by atoms with van der Waals surface area (Å²) in [6.45, 7) is 5.50. The summed E-state index contributed by atoms with van der Waals surface area (Å²) < 4.78 is 1.64. The van der Waals surface area contributed by atoms with Crippen molar-refractivity contribution in [3.63, 3.8) is 0 Å². The van der Waals surface area contributed by atoms with Crippen LogP contribution in [0.1, 0.15) is 31.1 Å². The lowest BCUT2D eigenvalue weighted by Crippen LogP contribution is -2.35. The number of hydrogen-bond acceptors (Lipinski definition) is 5. The van der Waals surface area contributed by atoms with E-state index in [4.69, 9.17) is 0 Å². The van der Waals surface area contributed by atoms with Crippen LogP contribution in [0.25, 0.3) is 16.9 Å². The van der Waals surface area contributed by atoms with Gasteiger partial charge in [-0.25, -0.2) is 4.98 Å². The highest BCUT2D eigenvalue weighted by atomic mass is 16.3. The second-order valence-corrected chi connectivity index (χ2v) is 7.47. The third-order valence-corrected chi connectivity index (χ3v) is 4.73. The Morgan fingerprint density at radius 1 is 1.00 bits per heavy atom. The zero-order chi connectivity index (χ0) is 19.7. The highest BCUT2D eigenvalue weighted by molar-refractivity contribution is 5.63. The van der Waals surface area contributed by atoms with E-state index in [-0.39, 0.29) is 6.04 Å². The standard InChI is InChI=1S/C22H23N5O/c1-15-13-19(27-21(25-15)23-14-24-27)26-20(22(2,3)28)18-11-9-17(10-12-18)16-7-5-4-6-8-16/h4-14,20,26,28H,1-3H3/t20-/m0/s1. The Bertz CT molecular complexity index is 1080. The van der Waals surface area contributed by atoms with Gasteiger partial charge in [0.05, 0.1) is 11.6 Å². The predicted molar refractivity (Wildman–Crippen MR) is 110 cm³/mol. The molecule has 0 saturated carbocycles. The van der Waals surface area contributed by atoms with Gasteiger partial charge in [0.25, 0.3) is 5.78 Å². The van der Waals surface area contributed by atoms with E-state index in [1.54, 1.807) is 18.4 Å². The van der Waals surface area contributed by atoms with Gasteiger partial charge in [0.1, 0.15) is 12.1 Å². The smallest absolute Gasteiger partial charge is 0.254 e. The summed E-state index contributed by atoms with van der Waals surface area (Å²) in [6, 6.07) is 20.0. The average molecular weight is 373 g/mol. The normalized spacial score (nSPS) is 12.9. The van der Waals surface area contributed by atoms with Crippen molar-refractivity contribution in [2.45, 2.75) is 32.4 Å². The van der Waals surface area contributed by atoms with Crippen LogP contribution in [-0.2, 0) is 0 Å². The van der Waals surface area contributed by atoms with Gasteiger partial charge in [0, 0.05) is 11.8 Å². The van der Waals surface area contributed by atoms with E-state index in [1.807, 2.05) is 43.3 Å². The molecule has 2 aromatic carbocycles. The van der Waals surface area contributed by atoms with Crippen LogP contribution in [0.4, 0.5) is 5.82 Å². The molecule has 1 atom stereocenters. The molecule has 0 radical (unpaired) electrons. The summed E-state index contributed by atoms with van der Waals surface area (Å²) in [5.74, 6) is 1.26. The van der Waals surface area contributed by atoms with Gasteiger partial charge in [0.15, 0.2) is 0 Å². The number of fused-ring (bicyclic) bond motifs is 1. The molecule has 142 valence electrons. The maximum Gasteiger partial charge on any atom is 0.254 e. The number of aliphatic hydroxyl groups is 1. The van der Waals surface area contributed by atoms with E-state index in [0.29, 0.717) is 5.78 Å². The minimum absolute atomic E-state index is 0.341. The van der Waals surface area contributed by atoms with Crippen molar-refractivity contribution in [2.75, 3.05) is 5.32 Å². The Morgan fingerprint density at radius 2 is 1.68 bits per heavy atom. The zero-order valence-electron chi connectivity index (χ0n) is 16.2. The van der Waals surface area contributed by atoms with Crippen LogP contribution in [0.2, 0.25) is 0 Å². The number of aryl methyl sites for hydroxylation is 1. The van der Waals surface area contributed by atoms with Crippen LogP contribution in [0.15, 0.2) is 67.0 Å². The Kier molecular flexibility index (Phi) is 4.57. The molecule has 2 aromatic heterocycles. The number of anilines is 1. The van der Waals surface area contributed by atoms with Crippen molar-refractivity contribution >= 4 is 11.6 Å². The Balaban J connectivity index is 1.70. The molecule has 0 saturated heterocycles. The van der Waals surface area contributed by atoms with E-state index < -0.39 is 5.60 Å². The first-order chi connectivity index (χ1) is 13.4. The topological polar surface area (TPSA) is 75.3 Å². The SMILES string of the molecule is Cc1cc(N[C@@H](c2ccc(-c3ccccc3)cc2)C(C)(C)O)n2ncnc2n1. The van der Waals surface area contributed by atoms with Gasteiger partial charge in [-0.15, -0.1) is 0 Å². The van der Waals surface area contributed by atoms with Crippen molar-refractivity contribution < 1.29 is 5.11 Å². The first-order valence-electron chi connectivity index (χ1n) is 9.23. The lowest BCUT2D eigenvalue weighted by molar-refractivity contribution is 0.0587. The summed E-state index contributed by atoms with van der Waals surface area (Å²) in [4.78, 5) is 8.54. The molecule has 0 fully saturated rings. The molecule has 2 N–H and O–H groups in total. The van der Waals surface area contributed by atoms with Crippen molar-refractivity contribution in [1.82, 2.24) is 19.6 Å². The summed E-state index contributed by atoms with van der Waals surface area (Å²) >= 11 is 0. The molecule has 0 aliphatic carbocycles. The van der Waals surface area contributed by atoms with Crippen molar-refractivity contribution in [2.24, 2.45) is 0 Å². The fraction of sp³-hybridized carbons (Fsp3) is 0.227. The second kappa shape index (κ2) is 7.05. The van der Waals surface area contributed by atoms with Gasteiger partial charge < -0.3 is 10.4 Å². The molecule has 0 aliphatic heterocycles. The fourth-order valence-corrected chi connectivity index (χ4v) is 3.35. The highest BCUT2D eigenvalue weighted by Gasteiger charge is 2.29. The average Bonchev–Trinajstić information content (AvgIpc) is 3.14. The quantitative estimate of drug-likeness (QED) is 0.552. The molecule has 0 unspecified atom stereocenters. The van der Waals surface area contributed by atoms with E-state index in [0.717, 1.165) is 28.2 Å². The van der Waals surface area contributed by atoms with Crippen LogP contribution >= 0.6 is 0 Å². The first-order valence-corrected chi connectivity index (χ1v) is 9.23. The number of aromatic nitrogens is 4. The summed E-state index contributed by atoms with van der Waals surface area (Å²) in [5.41, 5.74) is 3.11. The fourth-order valence-electron chi connectivity index (χ4n) is 3.35. The Morgan fingerprint density at radius 3 is 2.36 bits per heavy atom. The van der Waals surface area contributed by atoms with Crippen molar-refractivity contribution in [1.29, 1.82) is 0 Å². The molecule has 28 heavy (non-hydrogen) atoms. The van der Waals surface area contributed by atoms with Crippen LogP contribution in [0.3, 0.4) is 0 Å². The number of hydrogen-bond donors (Lipinski definition) is 2. The third-order valence-electron chi connectivity index (χ3n) is 4.73. The van der Waals surface area contributed by atoms with E-state index in [1.165, 1.54) is 6.33 Å². The summed E-state index contributed by atoms with van der Waals surface area (Å²) in [7, 11) is 0. The number of nitrogens with one attached hydrogen (secondary N) is 1. The Labute approximate surface area is 163 Å². The van der Waals surface area contributed by atoms with E-state index in [9.17, 15) is 5.11 Å². The van der Waals surface area contributed by atoms with Gasteiger partial charge in [0.2, 0.25) is 0 Å². The first kappa shape index (κ1) is 18.1. The van der Waals surface area contributed by atoms with Crippen molar-refractivity contribution in [3.8, 4) is 11.1 Å².